The van der Waals surface area contributed by atoms with Gasteiger partial charge in [-0.15, -0.1) is 0 Å². The van der Waals surface area contributed by atoms with Crippen LogP contribution in [0.2, 0.25) is 18.6 Å². The number of amides is 2. The normalized spacial score (nSPS) is 22.3. The Morgan fingerprint density at radius 2 is 1.67 bits per heavy atom. The van der Waals surface area contributed by atoms with Crippen LogP contribution in [0.15, 0.2) is 102 Å². The van der Waals surface area contributed by atoms with Crippen molar-refractivity contribution in [3.63, 3.8) is 0 Å². The number of hydrogen-bond acceptors (Lipinski definition) is 5. The number of anilines is 3. The highest BCUT2D eigenvalue weighted by atomic mass is 79.9. The third-order valence-electron chi connectivity index (χ3n) is 9.91. The summed E-state index contributed by atoms with van der Waals surface area (Å²) < 4.78 is 13.3. The van der Waals surface area contributed by atoms with Crippen LogP contribution in [-0.4, -0.2) is 45.3 Å². The first-order valence-electron chi connectivity index (χ1n) is 15.6. The quantitative estimate of drug-likeness (QED) is 0.144. The van der Waals surface area contributed by atoms with Gasteiger partial charge in [0.1, 0.15) is 5.75 Å². The minimum atomic E-state index is -2.26. The van der Waals surface area contributed by atoms with Gasteiger partial charge >= 0.3 is 0 Å². The van der Waals surface area contributed by atoms with Gasteiger partial charge in [0.2, 0.25) is 6.41 Å². The van der Waals surface area contributed by atoms with E-state index in [2.05, 4.69) is 48.1 Å². The van der Waals surface area contributed by atoms with E-state index >= 15 is 0 Å². The molecule has 0 bridgehead atoms. The van der Waals surface area contributed by atoms with Gasteiger partial charge in [0.05, 0.1) is 33.5 Å². The smallest absolute Gasteiger partial charge is 0.264 e. The molecule has 1 N–H and O–H groups in total. The molecule has 1 saturated heterocycles. The zero-order chi connectivity index (χ0) is 32.6. The van der Waals surface area contributed by atoms with Gasteiger partial charge in [-0.1, -0.05) is 83.6 Å². The van der Waals surface area contributed by atoms with Gasteiger partial charge in [-0.05, 0) is 72.1 Å². The highest BCUT2D eigenvalue weighted by molar-refractivity contribution is 9.10. The van der Waals surface area contributed by atoms with Crippen LogP contribution in [-0.2, 0) is 26.5 Å². The fraction of sp³-hybridized carbons (Fsp3) is 0.297. The summed E-state index contributed by atoms with van der Waals surface area (Å²) in [5.41, 5.74) is 3.03. The van der Waals surface area contributed by atoms with Crippen molar-refractivity contribution in [1.82, 2.24) is 0 Å². The van der Waals surface area contributed by atoms with Gasteiger partial charge < -0.3 is 19.5 Å². The van der Waals surface area contributed by atoms with Crippen molar-refractivity contribution in [3.05, 3.63) is 113 Å². The first-order valence-corrected chi connectivity index (χ1v) is 19.5. The van der Waals surface area contributed by atoms with Gasteiger partial charge in [-0.3, -0.25) is 14.5 Å². The number of carbonyl (C=O) groups excluding carboxylic acids is 2. The fourth-order valence-electron chi connectivity index (χ4n) is 7.64. The number of hydrogen-bond donors (Lipinski definition) is 1. The number of fused-ring (bicyclic) bond motifs is 2. The first-order chi connectivity index (χ1) is 22.1. The molecule has 2 heterocycles. The summed E-state index contributed by atoms with van der Waals surface area (Å²) in [5, 5.41) is 11.4. The van der Waals surface area contributed by atoms with Crippen LogP contribution in [0.1, 0.15) is 24.5 Å². The largest absolute Gasteiger partial charge is 0.497 e. The average molecular weight is 700 g/mol. The van der Waals surface area contributed by atoms with E-state index < -0.39 is 13.7 Å². The second-order valence-corrected chi connectivity index (χ2v) is 18.3. The summed E-state index contributed by atoms with van der Waals surface area (Å²) >= 11 is 3.66. The molecule has 4 aromatic rings. The van der Waals surface area contributed by atoms with Crippen molar-refractivity contribution < 1.29 is 24.2 Å². The fourth-order valence-corrected chi connectivity index (χ4v) is 12.1. The molecule has 4 aromatic carbocycles. The maximum absolute atomic E-state index is 14.8. The Hall–Kier alpha value is -3.76. The van der Waals surface area contributed by atoms with Gasteiger partial charge in [0, 0.05) is 33.9 Å². The number of methoxy groups -OCH3 is 1. The molecule has 0 aromatic heterocycles. The van der Waals surface area contributed by atoms with E-state index in [4.69, 9.17) is 9.47 Å². The zero-order valence-electron chi connectivity index (χ0n) is 26.5. The molecular formula is C37H39BrN2O5Si. The molecule has 0 saturated carbocycles. The number of rotatable bonds is 10. The Balaban J connectivity index is 1.35. The van der Waals surface area contributed by atoms with E-state index in [0.29, 0.717) is 13.0 Å². The topological polar surface area (TPSA) is 79.3 Å². The molecule has 238 valence electrons. The molecule has 6 rings (SSSR count). The molecule has 0 radical (unpaired) electrons. The highest BCUT2D eigenvalue weighted by Crippen LogP contribution is 2.60. The lowest BCUT2D eigenvalue weighted by Gasteiger charge is -2.37. The van der Waals surface area contributed by atoms with Crippen molar-refractivity contribution >= 4 is 58.6 Å². The Morgan fingerprint density at radius 1 is 1.00 bits per heavy atom. The molecule has 9 heteroatoms. The number of aliphatic hydroxyl groups is 1. The zero-order valence-corrected chi connectivity index (χ0v) is 29.1. The molecule has 2 amide bonds. The predicted molar refractivity (Wildman–Crippen MR) is 188 cm³/mol. The van der Waals surface area contributed by atoms with Crippen molar-refractivity contribution in [2.24, 2.45) is 5.92 Å². The van der Waals surface area contributed by atoms with Crippen LogP contribution in [0.25, 0.3) is 0 Å². The molecule has 1 fully saturated rings. The third-order valence-corrected chi connectivity index (χ3v) is 14.8. The third kappa shape index (κ3) is 5.39. The Labute approximate surface area is 279 Å². The van der Waals surface area contributed by atoms with E-state index in [1.807, 2.05) is 89.8 Å². The second-order valence-electron chi connectivity index (χ2n) is 12.7. The predicted octanol–water partition coefficient (Wildman–Crippen LogP) is 6.90. The molecule has 2 aliphatic rings. The van der Waals surface area contributed by atoms with E-state index in [9.17, 15) is 14.7 Å². The van der Waals surface area contributed by atoms with Crippen LogP contribution < -0.4 is 19.7 Å². The van der Waals surface area contributed by atoms with E-state index in [0.717, 1.165) is 44.8 Å². The minimum absolute atomic E-state index is 0.0204. The average Bonchev–Trinajstić information content (AvgIpc) is 3.49. The van der Waals surface area contributed by atoms with Crippen LogP contribution in [0.5, 0.6) is 5.75 Å². The Morgan fingerprint density at radius 3 is 2.30 bits per heavy atom. The van der Waals surface area contributed by atoms with Crippen LogP contribution in [0.3, 0.4) is 0 Å². The van der Waals surface area contributed by atoms with Crippen molar-refractivity contribution in [3.8, 4) is 5.75 Å². The Kier molecular flexibility index (Phi) is 8.95. The van der Waals surface area contributed by atoms with E-state index in [-0.39, 0.29) is 30.1 Å². The second kappa shape index (κ2) is 12.8. The molecule has 0 aliphatic carbocycles. The van der Waals surface area contributed by atoms with Crippen molar-refractivity contribution in [2.45, 2.75) is 50.2 Å². The SMILES string of the molecule is COc1ccc([Si](C)(C)[C@H]2[C@H](CCO)O[C@@]3(C(=O)N(Cc4ccc(N(C=O)c5ccccc5)cc4)c4ccc(Br)cc43)[C@@H]2C)cc1. The number of aliphatic hydroxyl groups excluding tert-OH is 1. The minimum Gasteiger partial charge on any atom is -0.497 e. The molecule has 0 unspecified atom stereocenters. The maximum atomic E-state index is 14.8. The lowest BCUT2D eigenvalue weighted by Crippen LogP contribution is -2.51. The summed E-state index contributed by atoms with van der Waals surface area (Å²) in [6, 6.07) is 31.4. The number of nitrogens with zero attached hydrogens (tertiary/aromatic N) is 2. The van der Waals surface area contributed by atoms with Crippen LogP contribution >= 0.6 is 15.9 Å². The highest BCUT2D eigenvalue weighted by Gasteiger charge is 2.66. The number of para-hydroxylation sites is 1. The van der Waals surface area contributed by atoms with E-state index in [1.165, 1.54) is 5.19 Å². The van der Waals surface area contributed by atoms with Gasteiger partial charge in [0.15, 0.2) is 5.60 Å². The molecule has 7 nitrogen and oxygen atoms in total. The maximum Gasteiger partial charge on any atom is 0.264 e. The van der Waals surface area contributed by atoms with Gasteiger partial charge in [-0.25, -0.2) is 0 Å². The summed E-state index contributed by atoms with van der Waals surface area (Å²) in [6.45, 7) is 7.15. The lowest BCUT2D eigenvalue weighted by atomic mass is 9.82. The number of ether oxygens (including phenoxy) is 2. The van der Waals surface area contributed by atoms with Gasteiger partial charge in [0.25, 0.3) is 5.91 Å². The standard InChI is InChI=1S/C37H39BrN2O5Si/c1-25-35(46(3,4)31-17-15-30(44-2)16-18-31)34(20-21-41)45-37(25)32-22-27(38)12-19-33(32)39(36(37)43)23-26-10-13-29(14-11-26)40(24-42)28-8-6-5-7-9-28/h5-19,22,24-25,34-35,41H,20-21,23H2,1-4H3/t25-,34+,35-,37+/m1/s1. The Bertz CT molecular complexity index is 1720. The summed E-state index contributed by atoms with van der Waals surface area (Å²) in [4.78, 5) is 30.2. The van der Waals surface area contributed by atoms with Gasteiger partial charge in [-0.2, -0.15) is 0 Å². The molecule has 4 atom stereocenters. The van der Waals surface area contributed by atoms with Crippen molar-refractivity contribution in [1.29, 1.82) is 0 Å². The van der Waals surface area contributed by atoms with E-state index in [1.54, 1.807) is 12.0 Å². The number of halogens is 1. The number of benzene rings is 4. The van der Waals surface area contributed by atoms with Crippen molar-refractivity contribution in [2.75, 3.05) is 23.5 Å². The monoisotopic (exact) mass is 698 g/mol. The van der Waals surface area contributed by atoms with Crippen LogP contribution in [0, 0.1) is 5.92 Å². The molecule has 2 aliphatic heterocycles. The molecular weight excluding hydrogens is 660 g/mol. The summed E-state index contributed by atoms with van der Waals surface area (Å²) in [5.74, 6) is 0.578. The molecule has 1 spiro atoms. The molecule has 46 heavy (non-hydrogen) atoms. The van der Waals surface area contributed by atoms with Crippen LogP contribution in [0.4, 0.5) is 17.1 Å². The summed E-state index contributed by atoms with van der Waals surface area (Å²) in [7, 11) is -0.592. The first kappa shape index (κ1) is 32.2. The number of carbonyl (C=O) groups is 2. The lowest BCUT2D eigenvalue weighted by molar-refractivity contribution is -0.146. The summed E-state index contributed by atoms with van der Waals surface area (Å²) in [6.07, 6.45) is 0.975.